The number of urea groups is 1. The molecule has 30 heavy (non-hydrogen) atoms. The molecule has 9 heteroatoms. The van der Waals surface area contributed by atoms with Crippen molar-refractivity contribution in [3.8, 4) is 5.75 Å². The highest BCUT2D eigenvalue weighted by atomic mass is 32.2. The predicted molar refractivity (Wildman–Crippen MR) is 114 cm³/mol. The molecule has 2 fully saturated rings. The van der Waals surface area contributed by atoms with Gasteiger partial charge in [0.1, 0.15) is 12.3 Å². The molecule has 0 aromatic heterocycles. The highest BCUT2D eigenvalue weighted by Gasteiger charge is 2.25. The minimum Gasteiger partial charge on any atom is -0.490 e. The maximum atomic E-state index is 12.4. The number of carbonyl (C=O) groups is 2. The van der Waals surface area contributed by atoms with Crippen LogP contribution in [0.25, 0.3) is 0 Å². The Kier molecular flexibility index (Phi) is 7.71. The van der Waals surface area contributed by atoms with Gasteiger partial charge in [-0.3, -0.25) is 10.1 Å². The Bertz CT molecular complexity index is 852. The van der Waals surface area contributed by atoms with Gasteiger partial charge in [0, 0.05) is 12.6 Å². The molecule has 1 atom stereocenters. The number of imide groups is 1. The first-order valence-corrected chi connectivity index (χ1v) is 12.3. The average Bonchev–Trinajstić information content (AvgIpc) is 3.30. The Morgan fingerprint density at radius 3 is 2.67 bits per heavy atom. The fraction of sp³-hybridized carbons (Fsp3) is 0.619. The molecular formula is C21H31N3O5S. The van der Waals surface area contributed by atoms with Crippen LogP contribution in [0.4, 0.5) is 4.79 Å². The Balaban J connectivity index is 1.40. The molecule has 2 N–H and O–H groups in total. The van der Waals surface area contributed by atoms with Gasteiger partial charge in [-0.2, -0.15) is 0 Å². The fourth-order valence-corrected chi connectivity index (χ4v) is 5.26. The second-order valence-electron chi connectivity index (χ2n) is 8.09. The maximum absolute atomic E-state index is 12.4. The highest BCUT2D eigenvalue weighted by molar-refractivity contribution is 7.89. The van der Waals surface area contributed by atoms with Crippen molar-refractivity contribution in [2.75, 3.05) is 18.8 Å². The molecule has 0 bridgehead atoms. The van der Waals surface area contributed by atoms with Crippen LogP contribution in [0, 0.1) is 0 Å². The molecule has 1 saturated carbocycles. The van der Waals surface area contributed by atoms with Crippen LogP contribution < -0.4 is 14.8 Å². The number of hydrogen-bond donors (Lipinski definition) is 2. The summed E-state index contributed by atoms with van der Waals surface area (Å²) in [6.45, 7) is 2.37. The Morgan fingerprint density at radius 1 is 1.20 bits per heavy atom. The third kappa shape index (κ3) is 6.70. The summed E-state index contributed by atoms with van der Waals surface area (Å²) in [4.78, 5) is 24.0. The van der Waals surface area contributed by atoms with Gasteiger partial charge in [-0.25, -0.2) is 17.9 Å². The lowest BCUT2D eigenvalue weighted by molar-refractivity contribution is -0.118. The summed E-state index contributed by atoms with van der Waals surface area (Å²) in [6, 6.07) is 6.90. The van der Waals surface area contributed by atoms with Crippen molar-refractivity contribution in [1.82, 2.24) is 14.9 Å². The van der Waals surface area contributed by atoms with Crippen LogP contribution in [-0.2, 0) is 14.8 Å². The van der Waals surface area contributed by atoms with E-state index in [1.165, 1.54) is 17.7 Å². The average molecular weight is 438 g/mol. The largest absolute Gasteiger partial charge is 0.490 e. The monoisotopic (exact) mass is 437 g/mol. The summed E-state index contributed by atoms with van der Waals surface area (Å²) in [6.07, 6.45) is 6.63. The first-order valence-electron chi connectivity index (χ1n) is 10.7. The quantitative estimate of drug-likeness (QED) is 0.409. The number of rotatable bonds is 11. The lowest BCUT2D eigenvalue weighted by Gasteiger charge is -2.18. The van der Waals surface area contributed by atoms with Crippen molar-refractivity contribution in [2.45, 2.75) is 64.0 Å². The Morgan fingerprint density at radius 2 is 1.97 bits per heavy atom. The summed E-state index contributed by atoms with van der Waals surface area (Å²) >= 11 is 0. The second-order valence-corrected chi connectivity index (χ2v) is 9.96. The van der Waals surface area contributed by atoms with Gasteiger partial charge < -0.3 is 9.64 Å². The van der Waals surface area contributed by atoms with Crippen molar-refractivity contribution in [1.29, 1.82) is 0 Å². The first kappa shape index (κ1) is 22.6. The second kappa shape index (κ2) is 10.3. The summed E-state index contributed by atoms with van der Waals surface area (Å²) in [5.41, 5.74) is 0.874. The maximum Gasteiger partial charge on any atom is 0.324 e. The smallest absolute Gasteiger partial charge is 0.324 e. The summed E-state index contributed by atoms with van der Waals surface area (Å²) < 4.78 is 33.6. The zero-order valence-corrected chi connectivity index (χ0v) is 18.2. The SMILES string of the molecule is C[C@@H](NS(=O)(=O)CCCCCN1CC(=O)NC1=O)c1cccc(OC2CCCC2)c1. The molecule has 1 saturated heterocycles. The molecule has 8 nitrogen and oxygen atoms in total. The van der Waals surface area contributed by atoms with E-state index < -0.39 is 10.0 Å². The van der Waals surface area contributed by atoms with E-state index in [1.54, 1.807) is 0 Å². The Labute approximate surface area is 178 Å². The number of amides is 3. The minimum absolute atomic E-state index is 0.0285. The van der Waals surface area contributed by atoms with Crippen LogP contribution in [0.15, 0.2) is 24.3 Å². The van der Waals surface area contributed by atoms with Crippen molar-refractivity contribution in [3.63, 3.8) is 0 Å². The van der Waals surface area contributed by atoms with Crippen LogP contribution in [-0.4, -0.2) is 50.2 Å². The van der Waals surface area contributed by atoms with E-state index in [0.29, 0.717) is 25.8 Å². The molecule has 0 spiro atoms. The third-order valence-electron chi connectivity index (χ3n) is 5.53. The highest BCUT2D eigenvalue weighted by Crippen LogP contribution is 2.26. The summed E-state index contributed by atoms with van der Waals surface area (Å²) in [5, 5.41) is 2.23. The van der Waals surface area contributed by atoms with E-state index in [2.05, 4.69) is 10.0 Å². The third-order valence-corrected chi connectivity index (χ3v) is 7.07. The number of sulfonamides is 1. The molecular weight excluding hydrogens is 406 g/mol. The van der Waals surface area contributed by atoms with Crippen LogP contribution in [0.2, 0.25) is 0 Å². The van der Waals surface area contributed by atoms with Gasteiger partial charge in [0.15, 0.2) is 0 Å². The van der Waals surface area contributed by atoms with E-state index in [9.17, 15) is 18.0 Å². The van der Waals surface area contributed by atoms with E-state index >= 15 is 0 Å². The molecule has 1 aliphatic heterocycles. The molecule has 0 unspecified atom stereocenters. The van der Waals surface area contributed by atoms with Gasteiger partial charge >= 0.3 is 6.03 Å². The summed E-state index contributed by atoms with van der Waals surface area (Å²) in [7, 11) is -3.42. The van der Waals surface area contributed by atoms with Gasteiger partial charge in [0.2, 0.25) is 15.9 Å². The summed E-state index contributed by atoms with van der Waals surface area (Å²) in [5.74, 6) is 0.522. The molecule has 3 amide bonds. The van der Waals surface area contributed by atoms with Crippen LogP contribution in [0.3, 0.4) is 0 Å². The van der Waals surface area contributed by atoms with Gasteiger partial charge in [0.05, 0.1) is 11.9 Å². The minimum atomic E-state index is -3.42. The van der Waals surface area contributed by atoms with Crippen LogP contribution in [0.5, 0.6) is 5.75 Å². The fourth-order valence-electron chi connectivity index (χ4n) is 3.89. The number of nitrogens with zero attached hydrogens (tertiary/aromatic N) is 1. The van der Waals surface area contributed by atoms with Gasteiger partial charge in [-0.1, -0.05) is 18.6 Å². The number of carbonyl (C=O) groups excluding carboxylic acids is 2. The molecule has 2 aliphatic rings. The topological polar surface area (TPSA) is 105 Å². The lowest BCUT2D eigenvalue weighted by Crippen LogP contribution is -2.30. The van der Waals surface area contributed by atoms with Crippen molar-refractivity contribution in [3.05, 3.63) is 29.8 Å². The van der Waals surface area contributed by atoms with E-state index in [1.807, 2.05) is 31.2 Å². The van der Waals surface area contributed by atoms with Gasteiger partial charge in [-0.15, -0.1) is 0 Å². The number of unbranched alkanes of at least 4 members (excludes halogenated alkanes) is 2. The predicted octanol–water partition coefficient (Wildman–Crippen LogP) is 2.71. The molecule has 1 aromatic rings. The molecule has 166 valence electrons. The number of ether oxygens (including phenoxy) is 1. The van der Waals surface area contributed by atoms with Crippen molar-refractivity contribution in [2.24, 2.45) is 0 Å². The van der Waals surface area contributed by atoms with Crippen LogP contribution >= 0.6 is 0 Å². The molecule has 0 radical (unpaired) electrons. The standard InChI is InChI=1S/C21H31N3O5S/c1-16(17-8-7-11-19(14-17)29-18-9-3-4-10-18)23-30(27,28)13-6-2-5-12-24-15-20(25)22-21(24)26/h7-8,11,14,16,18,23H,2-6,9-10,12-13,15H2,1H3,(H,22,25,26)/t16-/m1/s1. The first-order chi connectivity index (χ1) is 14.3. The molecule has 3 rings (SSSR count). The number of nitrogens with one attached hydrogen (secondary N) is 2. The van der Waals surface area contributed by atoms with Crippen LogP contribution in [0.1, 0.15) is 63.5 Å². The van der Waals surface area contributed by atoms with Gasteiger partial charge in [-0.05, 0) is 63.1 Å². The normalized spacial score (nSPS) is 18.6. The zero-order valence-electron chi connectivity index (χ0n) is 17.4. The molecule has 1 heterocycles. The lowest BCUT2D eigenvalue weighted by atomic mass is 10.1. The van der Waals surface area contributed by atoms with E-state index in [4.69, 9.17) is 4.74 Å². The molecule has 1 aromatic carbocycles. The van der Waals surface area contributed by atoms with E-state index in [0.717, 1.165) is 24.2 Å². The number of hydrogen-bond acceptors (Lipinski definition) is 5. The van der Waals surface area contributed by atoms with Gasteiger partial charge in [0.25, 0.3) is 0 Å². The molecule has 1 aliphatic carbocycles. The number of benzene rings is 1. The van der Waals surface area contributed by atoms with Crippen molar-refractivity contribution < 1.29 is 22.7 Å². The zero-order chi connectivity index (χ0) is 21.6. The van der Waals surface area contributed by atoms with Crippen molar-refractivity contribution >= 4 is 22.0 Å². The Hall–Kier alpha value is -2.13. The van der Waals surface area contributed by atoms with E-state index in [-0.39, 0.29) is 36.4 Å².